The monoisotopic (exact) mass is 435 g/mol. The summed E-state index contributed by atoms with van der Waals surface area (Å²) in [6, 6.07) is 16.5. The number of hydrogen-bond acceptors (Lipinski definition) is 4. The first-order valence-corrected chi connectivity index (χ1v) is 11.2. The number of aliphatic hydroxyl groups is 1. The van der Waals surface area contributed by atoms with E-state index >= 15 is 0 Å². The molecule has 1 aliphatic rings. The summed E-state index contributed by atoms with van der Waals surface area (Å²) in [4.78, 5) is 2.29. The van der Waals surface area contributed by atoms with Crippen LogP contribution in [0.4, 0.5) is 4.39 Å². The number of hydrogen-bond donors (Lipinski definition) is 1. The number of benzene rings is 2. The van der Waals surface area contributed by atoms with Gasteiger partial charge in [0.05, 0.1) is 23.0 Å². The lowest BCUT2D eigenvalue weighted by Crippen LogP contribution is -2.34. The third-order valence-electron chi connectivity index (χ3n) is 5.76. The average Bonchev–Trinajstić information content (AvgIpc) is 3.60. The van der Waals surface area contributed by atoms with Gasteiger partial charge in [0.2, 0.25) is 5.88 Å². The van der Waals surface area contributed by atoms with Crippen LogP contribution in [0, 0.1) is 12.7 Å². The molecule has 5 nitrogen and oxygen atoms in total. The molecule has 0 radical (unpaired) electrons. The highest BCUT2D eigenvalue weighted by molar-refractivity contribution is 5.43. The maximum absolute atomic E-state index is 14.4. The first-order valence-electron chi connectivity index (χ1n) is 11.2. The first kappa shape index (κ1) is 22.2. The Hall–Kier alpha value is -2.96. The number of nitrogens with zero attached hydrogens (tertiary/aromatic N) is 3. The van der Waals surface area contributed by atoms with Crippen LogP contribution < -0.4 is 4.74 Å². The van der Waals surface area contributed by atoms with Crippen LogP contribution in [0.1, 0.15) is 36.9 Å². The first-order chi connectivity index (χ1) is 15.6. The molecule has 0 aliphatic heterocycles. The number of aromatic nitrogens is 2. The van der Waals surface area contributed by atoms with E-state index in [0.717, 1.165) is 36.2 Å². The number of halogens is 1. The molecule has 3 aromatic rings. The molecule has 1 atom stereocenters. The maximum Gasteiger partial charge on any atom is 0.227 e. The molecule has 4 rings (SSSR count). The van der Waals surface area contributed by atoms with Gasteiger partial charge in [-0.1, -0.05) is 36.4 Å². The van der Waals surface area contributed by atoms with Crippen LogP contribution >= 0.6 is 0 Å². The van der Waals surface area contributed by atoms with E-state index in [4.69, 9.17) is 9.84 Å². The van der Waals surface area contributed by atoms with Gasteiger partial charge < -0.3 is 9.84 Å². The minimum Gasteiger partial charge on any atom is -0.435 e. The van der Waals surface area contributed by atoms with Gasteiger partial charge in [-0.05, 0) is 56.9 Å². The summed E-state index contributed by atoms with van der Waals surface area (Å²) in [7, 11) is 0. The van der Waals surface area contributed by atoms with E-state index in [0.29, 0.717) is 31.4 Å². The SMILES string of the molecule is C=CCC[C@H](O)CN(Cc1c(C)nn(-c2ccccc2)c1Oc1ccccc1F)C1CC1. The van der Waals surface area contributed by atoms with Gasteiger partial charge in [0.1, 0.15) is 0 Å². The van der Waals surface area contributed by atoms with Crippen LogP contribution in [-0.4, -0.2) is 38.5 Å². The lowest BCUT2D eigenvalue weighted by Gasteiger charge is -2.25. The number of para-hydroxylation sites is 2. The molecule has 1 fully saturated rings. The number of ether oxygens (including phenoxy) is 1. The molecule has 0 unspecified atom stereocenters. The van der Waals surface area contributed by atoms with Crippen molar-refractivity contribution in [3.63, 3.8) is 0 Å². The van der Waals surface area contributed by atoms with Crippen molar-refractivity contribution in [1.82, 2.24) is 14.7 Å². The molecule has 1 heterocycles. The summed E-state index contributed by atoms with van der Waals surface area (Å²) in [5.41, 5.74) is 2.57. The van der Waals surface area contributed by atoms with E-state index in [2.05, 4.69) is 11.5 Å². The van der Waals surface area contributed by atoms with Crippen LogP contribution in [0.15, 0.2) is 67.3 Å². The zero-order valence-corrected chi connectivity index (χ0v) is 18.5. The van der Waals surface area contributed by atoms with Gasteiger partial charge in [0.15, 0.2) is 11.6 Å². The van der Waals surface area contributed by atoms with Crippen molar-refractivity contribution < 1.29 is 14.2 Å². The Bertz CT molecular complexity index is 1050. The fourth-order valence-electron chi connectivity index (χ4n) is 3.86. The molecule has 2 aromatic carbocycles. The zero-order valence-electron chi connectivity index (χ0n) is 18.5. The quantitative estimate of drug-likeness (QED) is 0.410. The largest absolute Gasteiger partial charge is 0.435 e. The fraction of sp³-hybridized carbons (Fsp3) is 0.346. The van der Waals surface area contributed by atoms with E-state index in [1.54, 1.807) is 22.9 Å². The summed E-state index contributed by atoms with van der Waals surface area (Å²) in [5.74, 6) is 0.246. The van der Waals surface area contributed by atoms with E-state index < -0.39 is 11.9 Å². The molecule has 1 N–H and O–H groups in total. The Morgan fingerprint density at radius 2 is 1.94 bits per heavy atom. The Kier molecular flexibility index (Phi) is 7.02. The second-order valence-corrected chi connectivity index (χ2v) is 8.33. The molecule has 32 heavy (non-hydrogen) atoms. The molecule has 1 aliphatic carbocycles. The van der Waals surface area contributed by atoms with E-state index in [1.165, 1.54) is 6.07 Å². The number of allylic oxidation sites excluding steroid dienone is 1. The normalized spacial score (nSPS) is 14.5. The summed E-state index contributed by atoms with van der Waals surface area (Å²) in [6.07, 6.45) is 5.11. The fourth-order valence-corrected chi connectivity index (χ4v) is 3.86. The summed E-state index contributed by atoms with van der Waals surface area (Å²) < 4.78 is 22.3. The predicted octanol–water partition coefficient (Wildman–Crippen LogP) is 5.40. The summed E-state index contributed by atoms with van der Waals surface area (Å²) in [6.45, 7) is 6.85. The van der Waals surface area contributed by atoms with Crippen LogP contribution in [0.5, 0.6) is 11.6 Å². The topological polar surface area (TPSA) is 50.5 Å². The van der Waals surface area contributed by atoms with Gasteiger partial charge in [-0.25, -0.2) is 9.07 Å². The highest BCUT2D eigenvalue weighted by Crippen LogP contribution is 2.35. The molecular weight excluding hydrogens is 405 g/mol. The van der Waals surface area contributed by atoms with Crippen LogP contribution in [-0.2, 0) is 6.54 Å². The number of aryl methyl sites for hydroxylation is 1. The van der Waals surface area contributed by atoms with E-state index in [1.807, 2.05) is 43.3 Å². The van der Waals surface area contributed by atoms with E-state index in [9.17, 15) is 9.50 Å². The van der Waals surface area contributed by atoms with Gasteiger partial charge in [0.25, 0.3) is 0 Å². The Labute approximate surface area is 188 Å². The lowest BCUT2D eigenvalue weighted by molar-refractivity contribution is 0.0974. The molecule has 0 bridgehead atoms. The van der Waals surface area contributed by atoms with Crippen molar-refractivity contribution in [2.75, 3.05) is 6.54 Å². The second-order valence-electron chi connectivity index (χ2n) is 8.33. The van der Waals surface area contributed by atoms with E-state index in [-0.39, 0.29) is 5.75 Å². The van der Waals surface area contributed by atoms with Gasteiger partial charge in [-0.15, -0.1) is 6.58 Å². The van der Waals surface area contributed by atoms with Crippen LogP contribution in [0.2, 0.25) is 0 Å². The van der Waals surface area contributed by atoms with Crippen molar-refractivity contribution in [1.29, 1.82) is 0 Å². The second kappa shape index (κ2) is 10.1. The van der Waals surface area contributed by atoms with Gasteiger partial charge in [-0.2, -0.15) is 5.10 Å². The summed E-state index contributed by atoms with van der Waals surface area (Å²) in [5, 5.41) is 15.2. The Balaban J connectivity index is 1.68. The molecule has 1 aromatic heterocycles. The highest BCUT2D eigenvalue weighted by Gasteiger charge is 2.32. The predicted molar refractivity (Wildman–Crippen MR) is 124 cm³/mol. The minimum atomic E-state index is -0.422. The third kappa shape index (κ3) is 5.26. The smallest absolute Gasteiger partial charge is 0.227 e. The van der Waals surface area contributed by atoms with Crippen LogP contribution in [0.3, 0.4) is 0 Å². The Morgan fingerprint density at radius 1 is 1.22 bits per heavy atom. The van der Waals surface area contributed by atoms with Crippen molar-refractivity contribution in [2.24, 2.45) is 0 Å². The highest BCUT2D eigenvalue weighted by atomic mass is 19.1. The van der Waals surface area contributed by atoms with Gasteiger partial charge in [-0.3, -0.25) is 4.90 Å². The maximum atomic E-state index is 14.4. The molecule has 6 heteroatoms. The molecule has 0 saturated heterocycles. The van der Waals surface area contributed by atoms with Crippen molar-refractivity contribution >= 4 is 0 Å². The molecule has 0 amide bonds. The average molecular weight is 436 g/mol. The van der Waals surface area contributed by atoms with Gasteiger partial charge in [0, 0.05) is 19.1 Å². The lowest BCUT2D eigenvalue weighted by atomic mass is 10.1. The number of aliphatic hydroxyl groups excluding tert-OH is 1. The van der Waals surface area contributed by atoms with Crippen molar-refractivity contribution in [3.8, 4) is 17.3 Å². The minimum absolute atomic E-state index is 0.162. The molecular formula is C26H30FN3O2. The molecule has 0 spiro atoms. The standard InChI is InChI=1S/C26H30FN3O2/c1-3-4-12-22(31)17-29(20-15-16-20)18-23-19(2)28-30(21-10-6-5-7-11-21)26(23)32-25-14-9-8-13-24(25)27/h3,5-11,13-14,20,22,31H,1,4,12,15-18H2,2H3/t22-/m0/s1. The molecule has 168 valence electrons. The number of rotatable bonds is 11. The van der Waals surface area contributed by atoms with Crippen molar-refractivity contribution in [3.05, 3.63) is 84.3 Å². The van der Waals surface area contributed by atoms with Crippen LogP contribution in [0.25, 0.3) is 5.69 Å². The van der Waals surface area contributed by atoms with Gasteiger partial charge >= 0.3 is 0 Å². The third-order valence-corrected chi connectivity index (χ3v) is 5.76. The summed E-state index contributed by atoms with van der Waals surface area (Å²) >= 11 is 0. The molecule has 1 saturated carbocycles. The Morgan fingerprint density at radius 3 is 2.62 bits per heavy atom. The zero-order chi connectivity index (χ0) is 22.5. The van der Waals surface area contributed by atoms with Crippen molar-refractivity contribution in [2.45, 2.75) is 51.3 Å².